The standard InChI is InChI=1S/C53H88N4O42S3/c1-18(59)54-38-42(68)47(31(93-50(38)81-5)15-86-100(72,73)74)98-36-8-24(65)28(12-84-36)90-51-39(55-19(2)60)43(69)46(27(10-58)89-51)96-35-7-23(64)29(13-83-35)91-53-41(57-21(4)62)45(71)49(33(95-53)17-88-102(78,79)80)99-37-9-25(66)30(14-85-37)92-52-40(56-20(3)61)44(70)48(32(94-52)16-87-101(75,76)77)97-34-6-22(63)26(67)11-82-34/h22-53,58,63-71H,6-17H2,1-5H3,(H,54,59)(H,55,60)(H,56,61)(H,57,62)(H,72,73,74)(H,75,76,77)(H,78,79,80)/t22-,23-,24-,25-,26+,27?,28-,29-,30-,31?,32?,33?,34-,35-,36-,37-,38?,39?,40?,41?,42+,43+,44+,45+,46+,47+,48+,49+,50-,51-,52+,53+/m0/s1. The predicted octanol–water partition coefficient (Wildman–Crippen LogP) is -11.1. The van der Waals surface area contributed by atoms with Crippen molar-refractivity contribution in [1.82, 2.24) is 21.3 Å². The van der Waals surface area contributed by atoms with Gasteiger partial charge in [0, 0.05) is 60.5 Å². The maximum absolute atomic E-state index is 12.7. The zero-order chi connectivity index (χ0) is 75.0. The van der Waals surface area contributed by atoms with Crippen LogP contribution in [0.1, 0.15) is 53.4 Å². The Bertz CT molecular complexity index is 3100. The van der Waals surface area contributed by atoms with E-state index < -0.39 is 324 Å². The summed E-state index contributed by atoms with van der Waals surface area (Å²) >= 11 is 0. The maximum atomic E-state index is 12.7. The van der Waals surface area contributed by atoms with Gasteiger partial charge in [-0.1, -0.05) is 0 Å². The molecule has 46 nitrogen and oxygen atoms in total. The number of aliphatic hydroxyl groups is 10. The Morgan fingerprint density at radius 1 is 0.373 bits per heavy atom. The van der Waals surface area contributed by atoms with E-state index in [4.69, 9.17) is 75.8 Å². The van der Waals surface area contributed by atoms with Gasteiger partial charge < -0.3 is 148 Å². The predicted molar refractivity (Wildman–Crippen MR) is 317 cm³/mol. The fourth-order valence-electron chi connectivity index (χ4n) is 12.4. The largest absolute Gasteiger partial charge is 0.397 e. The summed E-state index contributed by atoms with van der Waals surface area (Å²) in [5, 5.41) is 122. The first-order valence-corrected chi connectivity index (χ1v) is 35.7. The smallest absolute Gasteiger partial charge is 0.394 e. The molecule has 0 bridgehead atoms. The highest BCUT2D eigenvalue weighted by molar-refractivity contribution is 7.81. The van der Waals surface area contributed by atoms with Gasteiger partial charge in [-0.05, 0) is 0 Å². The van der Waals surface area contributed by atoms with Crippen LogP contribution >= 0.6 is 0 Å². The van der Waals surface area contributed by atoms with Gasteiger partial charge in [-0.2, -0.15) is 25.3 Å². The molecule has 0 saturated carbocycles. The van der Waals surface area contributed by atoms with E-state index in [-0.39, 0.29) is 6.42 Å². The number of ether oxygens (including phenoxy) is 16. The third-order valence-electron chi connectivity index (χ3n) is 17.1. The molecule has 8 aliphatic rings. The maximum Gasteiger partial charge on any atom is 0.397 e. The van der Waals surface area contributed by atoms with Crippen molar-refractivity contribution in [1.29, 1.82) is 0 Å². The Labute approximate surface area is 581 Å². The van der Waals surface area contributed by atoms with E-state index in [2.05, 4.69) is 33.8 Å². The molecule has 8 rings (SSSR count). The van der Waals surface area contributed by atoms with Gasteiger partial charge in [-0.15, -0.1) is 0 Å². The lowest BCUT2D eigenvalue weighted by Gasteiger charge is -2.48. The summed E-state index contributed by atoms with van der Waals surface area (Å²) in [5.74, 6) is -2.98. The van der Waals surface area contributed by atoms with Crippen molar-refractivity contribution >= 4 is 54.8 Å². The van der Waals surface area contributed by atoms with Crippen LogP contribution in [0.2, 0.25) is 0 Å². The first kappa shape index (κ1) is 84.1. The average Bonchev–Trinajstić information content (AvgIpc) is 0.795. The van der Waals surface area contributed by atoms with Crippen molar-refractivity contribution in [2.45, 2.75) is 250 Å². The van der Waals surface area contributed by atoms with Crippen LogP contribution in [0.4, 0.5) is 0 Å². The van der Waals surface area contributed by atoms with E-state index in [1.54, 1.807) is 0 Å². The second-order valence-corrected chi connectivity index (χ2v) is 28.1. The van der Waals surface area contributed by atoms with Crippen LogP contribution in [-0.2, 0) is 139 Å². The van der Waals surface area contributed by atoms with Crippen LogP contribution < -0.4 is 21.3 Å². The van der Waals surface area contributed by atoms with Gasteiger partial charge in [0.1, 0.15) is 122 Å². The molecule has 4 amide bonds. The first-order chi connectivity index (χ1) is 47.8. The molecule has 0 radical (unpaired) electrons. The molecule has 590 valence electrons. The van der Waals surface area contributed by atoms with Gasteiger partial charge in [0.2, 0.25) is 23.6 Å². The first-order valence-electron chi connectivity index (χ1n) is 31.7. The van der Waals surface area contributed by atoms with E-state index in [0.717, 1.165) is 34.8 Å². The highest BCUT2D eigenvalue weighted by Gasteiger charge is 2.56. The zero-order valence-corrected chi connectivity index (χ0v) is 57.3. The summed E-state index contributed by atoms with van der Waals surface area (Å²) in [6.07, 6.45) is -47.0. The van der Waals surface area contributed by atoms with Crippen molar-refractivity contribution < 1.29 is 197 Å². The van der Waals surface area contributed by atoms with Crippen LogP contribution in [0, 0.1) is 0 Å². The number of amides is 4. The Morgan fingerprint density at radius 3 is 0.882 bits per heavy atom. The number of carbonyl (C=O) groups is 4. The minimum Gasteiger partial charge on any atom is -0.394 e. The summed E-state index contributed by atoms with van der Waals surface area (Å²) in [6, 6.07) is -6.15. The number of nitrogens with one attached hydrogen (secondary N) is 4. The van der Waals surface area contributed by atoms with Crippen LogP contribution in [0.5, 0.6) is 0 Å². The Kier molecular flexibility index (Phi) is 30.1. The summed E-state index contributed by atoms with van der Waals surface area (Å²) in [5.41, 5.74) is 0. The van der Waals surface area contributed by atoms with E-state index >= 15 is 0 Å². The lowest BCUT2D eigenvalue weighted by atomic mass is 9.95. The van der Waals surface area contributed by atoms with E-state index in [1.807, 2.05) is 0 Å². The topological polar surface area (TPSA) is 657 Å². The number of hydrogen-bond acceptors (Lipinski definition) is 39. The molecule has 8 fully saturated rings. The minimum absolute atomic E-state index is 0.355. The van der Waals surface area contributed by atoms with Gasteiger partial charge in [0.15, 0.2) is 50.3 Å². The molecule has 0 aromatic heterocycles. The van der Waals surface area contributed by atoms with Crippen molar-refractivity contribution in [3.05, 3.63) is 0 Å². The lowest BCUT2D eigenvalue weighted by Crippen LogP contribution is -2.68. The fourth-order valence-corrected chi connectivity index (χ4v) is 13.3. The van der Waals surface area contributed by atoms with Gasteiger partial charge in [0.05, 0.1) is 77.3 Å². The number of carbonyl (C=O) groups excluding carboxylic acids is 4. The third-order valence-corrected chi connectivity index (χ3v) is 18.5. The van der Waals surface area contributed by atoms with Gasteiger partial charge in [-0.3, -0.25) is 32.8 Å². The summed E-state index contributed by atoms with van der Waals surface area (Å²) < 4.78 is 206. The molecule has 0 spiro atoms. The number of methoxy groups -OCH3 is 1. The minimum atomic E-state index is -5.29. The normalized spacial score (nSPS) is 42.6. The Morgan fingerprint density at radius 2 is 0.627 bits per heavy atom. The second-order valence-electron chi connectivity index (χ2n) is 24.9. The molecule has 0 aliphatic carbocycles. The molecule has 8 unspecified atom stereocenters. The second kappa shape index (κ2) is 36.6. The highest BCUT2D eigenvalue weighted by atomic mass is 32.3. The van der Waals surface area contributed by atoms with Gasteiger partial charge in [0.25, 0.3) is 0 Å². The van der Waals surface area contributed by atoms with E-state index in [1.165, 1.54) is 0 Å². The Balaban J connectivity index is 0.884. The average molecular weight is 1550 g/mol. The number of hydrogen-bond donors (Lipinski definition) is 17. The number of aliphatic hydroxyl groups excluding tert-OH is 10. The van der Waals surface area contributed by atoms with Crippen molar-refractivity contribution in [2.24, 2.45) is 0 Å². The van der Waals surface area contributed by atoms with Crippen molar-refractivity contribution in [3.63, 3.8) is 0 Å². The molecule has 32 atom stereocenters. The molecular weight excluding hydrogens is 1460 g/mol. The molecular formula is C53H88N4O42S3. The summed E-state index contributed by atoms with van der Waals surface area (Å²) in [4.78, 5) is 49.8. The van der Waals surface area contributed by atoms with Gasteiger partial charge in [-0.25, -0.2) is 12.5 Å². The molecule has 0 aromatic carbocycles. The third kappa shape index (κ3) is 23.2. The van der Waals surface area contributed by atoms with E-state index in [0.29, 0.717) is 0 Å². The molecule has 8 heterocycles. The molecule has 102 heavy (non-hydrogen) atoms. The Hall–Kier alpha value is -3.55. The highest BCUT2D eigenvalue weighted by Crippen LogP contribution is 2.37. The molecule has 8 aliphatic heterocycles. The molecule has 8 saturated heterocycles. The summed E-state index contributed by atoms with van der Waals surface area (Å²) in [7, 11) is -14.4. The zero-order valence-electron chi connectivity index (χ0n) is 54.8. The van der Waals surface area contributed by atoms with Crippen LogP contribution in [0.3, 0.4) is 0 Å². The lowest BCUT2D eigenvalue weighted by molar-refractivity contribution is -0.352. The van der Waals surface area contributed by atoms with Crippen molar-refractivity contribution in [2.75, 3.05) is 60.0 Å². The summed E-state index contributed by atoms with van der Waals surface area (Å²) in [6.45, 7) is -2.02. The monoisotopic (exact) mass is 1550 g/mol. The quantitative estimate of drug-likeness (QED) is 0.0309. The van der Waals surface area contributed by atoms with Gasteiger partial charge >= 0.3 is 31.2 Å². The number of rotatable bonds is 29. The fraction of sp³-hybridized carbons (Fsp3) is 0.925. The van der Waals surface area contributed by atoms with E-state index in [9.17, 15) is 109 Å². The SMILES string of the molecule is CO[C@H]1OC(COS(=O)(=O)O)[C@@H](O[C@H]2C[C@H](O)[C@@H](O[C@@H]3OC(CO)[C@@H](O[C@H]4C[C@H](O)[C@@H](O[C@@H]5OC(COS(=O)(=O)O)[C@@H](O[C@H]6C[C@H](O)[C@@H](O[C@@H]7OC(COS(=O)(=O)O)[C@@H](O[C@H]8C[C@H](O)[C@H](O)CO8)[C@H](O)C7NC(C)=O)CO6)[C@H](O)C5NC(C)=O)CO4)[C@H](O)C3NC(C)=O)CO2)[C@H](O)C1NC(C)=O. The van der Waals surface area contributed by atoms with Crippen LogP contribution in [0.15, 0.2) is 0 Å². The van der Waals surface area contributed by atoms with Crippen LogP contribution in [0.25, 0.3) is 0 Å². The van der Waals surface area contributed by atoms with Crippen molar-refractivity contribution in [3.8, 4) is 0 Å². The molecule has 49 heteroatoms. The molecule has 17 N–H and O–H groups in total. The van der Waals surface area contributed by atoms with Crippen LogP contribution in [-0.4, -0.2) is 370 Å². The molecule has 0 aromatic rings.